The third kappa shape index (κ3) is 8.02. The van der Waals surface area contributed by atoms with Gasteiger partial charge in [-0.15, -0.1) is 0 Å². The summed E-state index contributed by atoms with van der Waals surface area (Å²) in [4.78, 5) is 43.3. The van der Waals surface area contributed by atoms with Crippen LogP contribution in [0.3, 0.4) is 0 Å². The van der Waals surface area contributed by atoms with Gasteiger partial charge in [-0.05, 0) is 102 Å². The van der Waals surface area contributed by atoms with Crippen molar-refractivity contribution in [2.75, 3.05) is 52.7 Å². The van der Waals surface area contributed by atoms with Crippen molar-refractivity contribution in [1.29, 1.82) is 5.41 Å². The summed E-state index contributed by atoms with van der Waals surface area (Å²) in [6, 6.07) is 13.0. The Bertz CT molecular complexity index is 1730. The number of piperidine rings is 1. The number of anilines is 1. The fraction of sp³-hybridized carbons (Fsp3) is 0.538. The number of allylic oxidation sites excluding steroid dienone is 1. The molecule has 53 heavy (non-hydrogen) atoms. The predicted molar refractivity (Wildman–Crippen MR) is 200 cm³/mol. The normalized spacial score (nSPS) is 22.9. The number of likely N-dealkylation sites (N-methyl/N-ethyl adjacent to an activating group) is 2. The maximum Gasteiger partial charge on any atom is 0.414 e. The lowest BCUT2D eigenvalue weighted by Gasteiger charge is -2.56. The molecule has 1 saturated heterocycles. The molecule has 3 amide bonds. The van der Waals surface area contributed by atoms with E-state index in [2.05, 4.69) is 39.3 Å². The zero-order valence-corrected chi connectivity index (χ0v) is 31.5. The monoisotopic (exact) mass is 731 g/mol. The topological polar surface area (TPSA) is 167 Å². The molecule has 286 valence electrons. The van der Waals surface area contributed by atoms with Crippen molar-refractivity contribution in [3.63, 3.8) is 0 Å². The van der Waals surface area contributed by atoms with Gasteiger partial charge in [0.05, 0.1) is 7.11 Å². The molecule has 6 rings (SSSR count). The van der Waals surface area contributed by atoms with Gasteiger partial charge in [0.15, 0.2) is 23.6 Å². The van der Waals surface area contributed by atoms with E-state index >= 15 is 0 Å². The molecule has 1 fully saturated rings. The fourth-order valence-corrected chi connectivity index (χ4v) is 8.25. The van der Waals surface area contributed by atoms with Crippen molar-refractivity contribution in [2.45, 2.75) is 82.1 Å². The largest absolute Gasteiger partial charge is 0.493 e. The van der Waals surface area contributed by atoms with E-state index in [1.165, 1.54) is 16.0 Å². The Morgan fingerprint density at radius 1 is 1.11 bits per heavy atom. The molecule has 2 heterocycles. The standard InChI is InChI=1S/C39H53N7O7/c1-38(2,3)53-36(48)44-27(13-10-19-42-35(40)43-25-11-8-7-9-12-25)34(47)41-20-22-46(5)37(49)51-30-17-15-26-28-23-24-14-16-29(50-6)32-31(24)39(26,33(30)52-32)18-21-45(28)4/h7-9,11-12,14,16-17,26-28,33H,10,13,15,18-23H2,1-6H3,(H,41,47)(H,44,48)(H3,40,42,43)/t26?,27-,28+,33?,39-/m0/s1. The summed E-state index contributed by atoms with van der Waals surface area (Å²) in [6.07, 6.45) is 3.71. The maximum absolute atomic E-state index is 13.5. The SMILES string of the molecule is COc1ccc2c3c1OC1C(OC(=O)N(C)CCNC(=O)[C@H](CCCNC(=N)Nc4ccccc4)NC(=O)OC(C)(C)C)=CCC4[C@@H](C2)N(C)CC[C@]314. The molecule has 0 saturated carbocycles. The van der Waals surface area contributed by atoms with E-state index in [-0.39, 0.29) is 24.5 Å². The molecule has 2 aromatic rings. The first kappa shape index (κ1) is 37.8. The van der Waals surface area contributed by atoms with E-state index in [0.717, 1.165) is 37.2 Å². The fourth-order valence-electron chi connectivity index (χ4n) is 8.25. The van der Waals surface area contributed by atoms with E-state index < -0.39 is 35.8 Å². The number of ether oxygens (including phenoxy) is 4. The van der Waals surface area contributed by atoms with Crippen LogP contribution >= 0.6 is 0 Å². The molecular formula is C39H53N7O7. The second-order valence-electron chi connectivity index (χ2n) is 15.3. The Labute approximate surface area is 311 Å². The first-order valence-corrected chi connectivity index (χ1v) is 18.4. The average molecular weight is 732 g/mol. The average Bonchev–Trinajstić information content (AvgIpc) is 3.47. The number of benzene rings is 2. The number of likely N-dealkylation sites (tertiary alicyclic amines) is 1. The van der Waals surface area contributed by atoms with Gasteiger partial charge in [-0.3, -0.25) is 10.2 Å². The second-order valence-corrected chi connectivity index (χ2v) is 15.3. The number of alkyl carbamates (subject to hydrolysis) is 1. The highest BCUT2D eigenvalue weighted by molar-refractivity contribution is 5.91. The molecule has 2 aliphatic heterocycles. The smallest absolute Gasteiger partial charge is 0.414 e. The number of amides is 3. The van der Waals surface area contributed by atoms with Gasteiger partial charge in [0.2, 0.25) is 5.91 Å². The van der Waals surface area contributed by atoms with Gasteiger partial charge >= 0.3 is 12.2 Å². The minimum atomic E-state index is -0.892. The number of carbonyl (C=O) groups is 3. The van der Waals surface area contributed by atoms with E-state index in [1.807, 2.05) is 42.5 Å². The van der Waals surface area contributed by atoms with Crippen LogP contribution in [0.4, 0.5) is 15.3 Å². The number of hydrogen-bond acceptors (Lipinski definition) is 9. The number of nitrogens with one attached hydrogen (secondary N) is 5. The molecule has 1 spiro atoms. The summed E-state index contributed by atoms with van der Waals surface area (Å²) < 4.78 is 23.9. The number of carbonyl (C=O) groups excluding carboxylic acids is 3. The van der Waals surface area contributed by atoms with Gasteiger partial charge in [0.25, 0.3) is 0 Å². The number of nitrogens with zero attached hydrogens (tertiary/aromatic N) is 2. The van der Waals surface area contributed by atoms with Crippen molar-refractivity contribution >= 4 is 29.7 Å². The van der Waals surface area contributed by atoms with Crippen molar-refractivity contribution < 1.29 is 33.3 Å². The van der Waals surface area contributed by atoms with Crippen LogP contribution in [0.1, 0.15) is 57.6 Å². The van der Waals surface area contributed by atoms with Crippen molar-refractivity contribution in [3.05, 3.63) is 65.4 Å². The van der Waals surface area contributed by atoms with Crippen molar-refractivity contribution in [2.24, 2.45) is 5.92 Å². The lowest BCUT2D eigenvalue weighted by Crippen LogP contribution is -2.63. The van der Waals surface area contributed by atoms with Gasteiger partial charge in [0, 0.05) is 49.4 Å². The summed E-state index contributed by atoms with van der Waals surface area (Å²) >= 11 is 0. The maximum atomic E-state index is 13.5. The molecule has 2 aliphatic carbocycles. The predicted octanol–water partition coefficient (Wildman–Crippen LogP) is 4.35. The van der Waals surface area contributed by atoms with Gasteiger partial charge in [-0.25, -0.2) is 9.59 Å². The Morgan fingerprint density at radius 2 is 1.89 bits per heavy atom. The first-order valence-electron chi connectivity index (χ1n) is 18.4. The van der Waals surface area contributed by atoms with Gasteiger partial charge < -0.3 is 50.0 Å². The highest BCUT2D eigenvalue weighted by Gasteiger charge is 2.64. The molecule has 5 atom stereocenters. The second kappa shape index (κ2) is 15.6. The van der Waals surface area contributed by atoms with Gasteiger partial charge in [-0.1, -0.05) is 24.3 Å². The molecule has 14 nitrogen and oxygen atoms in total. The van der Waals surface area contributed by atoms with E-state index in [9.17, 15) is 14.4 Å². The molecular weight excluding hydrogens is 678 g/mol. The number of para-hydroxylation sites is 1. The third-order valence-corrected chi connectivity index (χ3v) is 10.7. The third-order valence-electron chi connectivity index (χ3n) is 10.7. The molecule has 0 radical (unpaired) electrons. The molecule has 4 aliphatic rings. The minimum Gasteiger partial charge on any atom is -0.493 e. The molecule has 2 aromatic carbocycles. The van der Waals surface area contributed by atoms with Crippen LogP contribution in [0, 0.1) is 11.3 Å². The molecule has 5 N–H and O–H groups in total. The zero-order valence-electron chi connectivity index (χ0n) is 31.5. The minimum absolute atomic E-state index is 0.124. The number of rotatable bonds is 12. The van der Waals surface area contributed by atoms with E-state index in [0.29, 0.717) is 42.9 Å². The summed E-state index contributed by atoms with van der Waals surface area (Å²) in [5.41, 5.74) is 2.22. The van der Waals surface area contributed by atoms with E-state index in [4.69, 9.17) is 24.4 Å². The van der Waals surface area contributed by atoms with Crippen LogP contribution in [0.2, 0.25) is 0 Å². The molecule has 2 unspecified atom stereocenters. The highest BCUT2D eigenvalue weighted by Crippen LogP contribution is 2.63. The van der Waals surface area contributed by atoms with E-state index in [1.54, 1.807) is 34.9 Å². The highest BCUT2D eigenvalue weighted by atomic mass is 16.6. The summed E-state index contributed by atoms with van der Waals surface area (Å²) in [6.45, 7) is 6.87. The number of hydrogen-bond donors (Lipinski definition) is 5. The van der Waals surface area contributed by atoms with Crippen molar-refractivity contribution in [3.8, 4) is 11.5 Å². The van der Waals surface area contributed by atoms with Crippen LogP contribution in [0.5, 0.6) is 11.5 Å². The van der Waals surface area contributed by atoms with Crippen LogP contribution < -0.4 is 30.7 Å². The molecule has 0 aromatic heterocycles. The lowest BCUT2D eigenvalue weighted by molar-refractivity contribution is -0.123. The number of guanidine groups is 1. The Kier molecular flexibility index (Phi) is 11.1. The summed E-state index contributed by atoms with van der Waals surface area (Å²) in [5.74, 6) is 2.01. The van der Waals surface area contributed by atoms with Crippen LogP contribution in [0.15, 0.2) is 54.3 Å². The van der Waals surface area contributed by atoms with Crippen LogP contribution in [0.25, 0.3) is 0 Å². The Hall–Kier alpha value is -4.98. The summed E-state index contributed by atoms with van der Waals surface area (Å²) in [5, 5.41) is 19.6. The van der Waals surface area contributed by atoms with Gasteiger partial charge in [0.1, 0.15) is 17.4 Å². The van der Waals surface area contributed by atoms with Crippen LogP contribution in [-0.4, -0.2) is 105 Å². The lowest BCUT2D eigenvalue weighted by atomic mass is 9.53. The molecule has 2 bridgehead atoms. The first-order chi connectivity index (χ1) is 25.3. The quantitative estimate of drug-likeness (QED) is 0.120. The van der Waals surface area contributed by atoms with Crippen molar-refractivity contribution in [1.82, 2.24) is 25.8 Å². The Morgan fingerprint density at radius 3 is 2.62 bits per heavy atom. The Balaban J connectivity index is 1.03. The molecule has 14 heteroatoms. The number of methoxy groups -OCH3 is 1. The van der Waals surface area contributed by atoms with Gasteiger partial charge in [-0.2, -0.15) is 0 Å². The van der Waals surface area contributed by atoms with Crippen LogP contribution in [-0.2, 0) is 26.1 Å². The summed E-state index contributed by atoms with van der Waals surface area (Å²) in [7, 11) is 5.46. The zero-order chi connectivity index (χ0) is 37.9.